The fraction of sp³-hybridized carbons (Fsp3) is 0.208. The molecule has 0 amide bonds. The molecule has 0 spiro atoms. The van der Waals surface area contributed by atoms with E-state index in [1.54, 1.807) is 30.3 Å². The Morgan fingerprint density at radius 2 is 2.06 bits per heavy atom. The summed E-state index contributed by atoms with van der Waals surface area (Å²) in [5.74, 6) is 0.998. The number of nitrogens with zero attached hydrogens (tertiary/aromatic N) is 2. The Balaban J connectivity index is 1.53. The monoisotopic (exact) mass is 416 g/mol. The first-order valence-electron chi connectivity index (χ1n) is 10.2. The first-order chi connectivity index (χ1) is 15.2. The molecule has 0 bridgehead atoms. The number of benzene rings is 2. The molecule has 1 saturated heterocycles. The van der Waals surface area contributed by atoms with Gasteiger partial charge in [-0.15, -0.1) is 0 Å². The number of ketones is 1. The fourth-order valence-corrected chi connectivity index (χ4v) is 3.42. The second kappa shape index (κ2) is 9.40. The van der Waals surface area contributed by atoms with E-state index in [1.165, 1.54) is 6.21 Å². The number of fused-ring (bicyclic) bond motifs is 1. The maximum atomic E-state index is 12.8. The molecule has 1 aliphatic heterocycles. The molecule has 0 saturated carbocycles. The van der Waals surface area contributed by atoms with Crippen LogP contribution < -0.4 is 10.5 Å². The summed E-state index contributed by atoms with van der Waals surface area (Å²) in [5.41, 5.74) is 8.95. The topological polar surface area (TPSA) is 103 Å². The Hall–Kier alpha value is -3.71. The second-order valence-corrected chi connectivity index (χ2v) is 7.25. The summed E-state index contributed by atoms with van der Waals surface area (Å²) >= 11 is 0. The van der Waals surface area contributed by atoms with Gasteiger partial charge < -0.3 is 20.2 Å². The van der Waals surface area contributed by atoms with Crippen LogP contribution in [0.15, 0.2) is 77.8 Å². The zero-order valence-electron chi connectivity index (χ0n) is 17.1. The molecule has 158 valence electrons. The average molecular weight is 416 g/mol. The third kappa shape index (κ3) is 4.73. The standard InChI is InChI=1S/C24H24N4O3/c1-2-13-26-24(21(25)17-6-5-14-30-15-17)31-18-11-9-16(10-12-18)22(29)23-27-19-7-3-4-8-20(19)28-23/h2-4,7-13,17H,1,5-6,14-15,25H2,(H,27,28)/b24-21+,26-13-/t17-/m0/s1. The number of hydrogen-bond donors (Lipinski definition) is 2. The van der Waals surface area contributed by atoms with Gasteiger partial charge in [0.05, 0.1) is 23.3 Å². The number of hydrogen-bond acceptors (Lipinski definition) is 6. The number of aromatic nitrogens is 2. The lowest BCUT2D eigenvalue weighted by Crippen LogP contribution is -2.25. The number of imidazole rings is 1. The first-order valence-corrected chi connectivity index (χ1v) is 10.2. The van der Waals surface area contributed by atoms with Crippen LogP contribution in [0.1, 0.15) is 29.0 Å². The van der Waals surface area contributed by atoms with Gasteiger partial charge in [-0.1, -0.05) is 24.8 Å². The van der Waals surface area contributed by atoms with Gasteiger partial charge in [0.1, 0.15) is 5.75 Å². The van der Waals surface area contributed by atoms with Crippen LogP contribution >= 0.6 is 0 Å². The van der Waals surface area contributed by atoms with Crippen molar-refractivity contribution in [3.05, 3.63) is 84.2 Å². The van der Waals surface area contributed by atoms with Gasteiger partial charge in [-0.05, 0) is 49.2 Å². The lowest BCUT2D eigenvalue weighted by Gasteiger charge is -2.23. The molecule has 2 aromatic carbocycles. The van der Waals surface area contributed by atoms with Crippen LogP contribution in [0.25, 0.3) is 11.0 Å². The summed E-state index contributed by atoms with van der Waals surface area (Å²) in [7, 11) is 0. The van der Waals surface area contributed by atoms with Crippen LogP contribution in [0.5, 0.6) is 5.75 Å². The van der Waals surface area contributed by atoms with Gasteiger partial charge in [0.2, 0.25) is 11.7 Å². The number of para-hydroxylation sites is 2. The Bertz CT molecular complexity index is 1110. The molecular weight excluding hydrogens is 392 g/mol. The zero-order valence-corrected chi connectivity index (χ0v) is 17.1. The highest BCUT2D eigenvalue weighted by atomic mass is 16.5. The number of carbonyl (C=O) groups is 1. The van der Waals surface area contributed by atoms with Gasteiger partial charge >= 0.3 is 0 Å². The number of allylic oxidation sites excluding steroid dienone is 1. The molecule has 0 unspecified atom stereocenters. The second-order valence-electron chi connectivity index (χ2n) is 7.25. The molecule has 0 aliphatic carbocycles. The number of H-pyrrole nitrogens is 1. The Morgan fingerprint density at radius 3 is 2.77 bits per heavy atom. The first kappa shape index (κ1) is 20.6. The lowest BCUT2D eigenvalue weighted by molar-refractivity contribution is 0.0654. The predicted octanol–water partition coefficient (Wildman–Crippen LogP) is 3.98. The minimum atomic E-state index is -0.193. The molecule has 4 rings (SSSR count). The van der Waals surface area contributed by atoms with E-state index in [4.69, 9.17) is 15.2 Å². The molecule has 31 heavy (non-hydrogen) atoms. The van der Waals surface area contributed by atoms with Crippen molar-refractivity contribution in [2.45, 2.75) is 12.8 Å². The number of carbonyl (C=O) groups excluding carboxylic acids is 1. The molecule has 2 heterocycles. The smallest absolute Gasteiger partial charge is 0.238 e. The fourth-order valence-electron chi connectivity index (χ4n) is 3.42. The van der Waals surface area contributed by atoms with Crippen molar-refractivity contribution in [1.82, 2.24) is 9.97 Å². The van der Waals surface area contributed by atoms with Gasteiger partial charge in [-0.3, -0.25) is 4.79 Å². The highest BCUT2D eigenvalue weighted by molar-refractivity contribution is 6.08. The summed E-state index contributed by atoms with van der Waals surface area (Å²) in [6.07, 6.45) is 4.96. The van der Waals surface area contributed by atoms with Crippen LogP contribution in [0.4, 0.5) is 0 Å². The third-order valence-corrected chi connectivity index (χ3v) is 5.08. The van der Waals surface area contributed by atoms with Crippen LogP contribution in [0, 0.1) is 5.92 Å². The van der Waals surface area contributed by atoms with Gasteiger partial charge in [0.15, 0.2) is 5.82 Å². The molecule has 3 N–H and O–H groups in total. The maximum absolute atomic E-state index is 12.8. The van der Waals surface area contributed by atoms with Crippen molar-refractivity contribution in [3.63, 3.8) is 0 Å². The summed E-state index contributed by atoms with van der Waals surface area (Å²) in [6, 6.07) is 14.3. The van der Waals surface area contributed by atoms with Crippen molar-refractivity contribution < 1.29 is 14.3 Å². The van der Waals surface area contributed by atoms with Crippen molar-refractivity contribution >= 4 is 23.0 Å². The van der Waals surface area contributed by atoms with Crippen LogP contribution in [0.3, 0.4) is 0 Å². The Morgan fingerprint density at radius 1 is 1.26 bits per heavy atom. The largest absolute Gasteiger partial charge is 0.437 e. The molecule has 3 aromatic rings. The van der Waals surface area contributed by atoms with Gasteiger partial charge in [-0.2, -0.15) is 0 Å². The molecule has 7 nitrogen and oxygen atoms in total. The minimum Gasteiger partial charge on any atom is -0.437 e. The molecule has 7 heteroatoms. The zero-order chi connectivity index (χ0) is 21.6. The van der Waals surface area contributed by atoms with E-state index in [1.807, 2.05) is 24.3 Å². The number of aromatic amines is 1. The number of rotatable bonds is 7. The van der Waals surface area contributed by atoms with Gasteiger partial charge in [0.25, 0.3) is 0 Å². The quantitative estimate of drug-likeness (QED) is 0.344. The molecule has 1 aliphatic rings. The molecule has 0 radical (unpaired) electrons. The van der Waals surface area contributed by atoms with Crippen LogP contribution in [-0.4, -0.2) is 35.2 Å². The van der Waals surface area contributed by atoms with Crippen molar-refractivity contribution in [2.75, 3.05) is 13.2 Å². The highest BCUT2D eigenvalue weighted by Gasteiger charge is 2.21. The van der Waals surface area contributed by atoms with E-state index in [9.17, 15) is 4.79 Å². The summed E-state index contributed by atoms with van der Waals surface area (Å²) < 4.78 is 11.5. The SMILES string of the molecule is C=C/C=N\C(Oc1ccc(C(=O)c2nc3ccccc3[nH]2)cc1)=C(/N)[C@H]1CCCOC1. The average Bonchev–Trinajstić information content (AvgIpc) is 3.26. The molecule has 1 aromatic heterocycles. The third-order valence-electron chi connectivity index (χ3n) is 5.08. The van der Waals surface area contributed by atoms with E-state index < -0.39 is 0 Å². The van der Waals surface area contributed by atoms with Gasteiger partial charge in [-0.25, -0.2) is 9.98 Å². The van der Waals surface area contributed by atoms with Crippen molar-refractivity contribution in [1.29, 1.82) is 0 Å². The van der Waals surface area contributed by atoms with Crippen LogP contribution in [0.2, 0.25) is 0 Å². The predicted molar refractivity (Wildman–Crippen MR) is 120 cm³/mol. The van der Waals surface area contributed by atoms with E-state index in [0.29, 0.717) is 35.3 Å². The van der Waals surface area contributed by atoms with E-state index in [-0.39, 0.29) is 11.7 Å². The molecule has 1 atom stereocenters. The minimum absolute atomic E-state index is 0.0552. The van der Waals surface area contributed by atoms with Gasteiger partial charge in [0, 0.05) is 24.3 Å². The maximum Gasteiger partial charge on any atom is 0.238 e. The molecular formula is C24H24N4O3. The van der Waals surface area contributed by atoms with Crippen molar-refractivity contribution in [2.24, 2.45) is 16.6 Å². The Kier molecular flexibility index (Phi) is 6.24. The number of nitrogens with one attached hydrogen (secondary N) is 1. The highest BCUT2D eigenvalue weighted by Crippen LogP contribution is 2.24. The van der Waals surface area contributed by atoms with E-state index in [2.05, 4.69) is 21.5 Å². The Labute approximate surface area is 180 Å². The summed E-state index contributed by atoms with van der Waals surface area (Å²) in [4.78, 5) is 24.5. The van der Waals surface area contributed by atoms with E-state index in [0.717, 1.165) is 30.5 Å². The number of aliphatic imine (C=N–C) groups is 1. The van der Waals surface area contributed by atoms with Crippen molar-refractivity contribution in [3.8, 4) is 5.75 Å². The summed E-state index contributed by atoms with van der Waals surface area (Å²) in [5, 5.41) is 0. The van der Waals surface area contributed by atoms with Crippen LogP contribution in [-0.2, 0) is 4.74 Å². The number of nitrogens with two attached hydrogens (primary N) is 1. The number of ether oxygens (including phenoxy) is 2. The normalized spacial score (nSPS) is 17.5. The van der Waals surface area contributed by atoms with E-state index >= 15 is 0 Å². The summed E-state index contributed by atoms with van der Waals surface area (Å²) in [6.45, 7) is 4.94. The lowest BCUT2D eigenvalue weighted by atomic mass is 9.99. The molecule has 1 fully saturated rings.